The van der Waals surface area contributed by atoms with Crippen LogP contribution in [0.2, 0.25) is 0 Å². The molecule has 0 saturated carbocycles. The first kappa shape index (κ1) is 17.9. The minimum absolute atomic E-state index is 0.0767. The maximum Gasteiger partial charge on any atom is 0.276 e. The van der Waals surface area contributed by atoms with E-state index >= 15 is 0 Å². The average Bonchev–Trinajstić information content (AvgIpc) is 2.58. The van der Waals surface area contributed by atoms with Gasteiger partial charge in [-0.2, -0.15) is 0 Å². The Labute approximate surface area is 143 Å². The van der Waals surface area contributed by atoms with Crippen molar-refractivity contribution in [3.63, 3.8) is 0 Å². The van der Waals surface area contributed by atoms with Crippen molar-refractivity contribution in [3.8, 4) is 5.75 Å². The first-order chi connectivity index (χ1) is 11.9. The van der Waals surface area contributed by atoms with Gasteiger partial charge in [0.2, 0.25) is 0 Å². The highest BCUT2D eigenvalue weighted by Crippen LogP contribution is 2.18. The lowest BCUT2D eigenvalue weighted by atomic mass is 10.1. The normalized spacial score (nSPS) is 10.0. The fraction of sp³-hybridized carbons (Fsp3) is 0.176. The third-order valence-corrected chi connectivity index (χ3v) is 3.42. The summed E-state index contributed by atoms with van der Waals surface area (Å²) in [7, 11) is 0. The van der Waals surface area contributed by atoms with Crippen LogP contribution < -0.4 is 15.6 Å². The zero-order valence-corrected chi connectivity index (χ0v) is 13.7. The van der Waals surface area contributed by atoms with Crippen LogP contribution in [0, 0.1) is 24.0 Å². The Kier molecular flexibility index (Phi) is 5.67. The highest BCUT2D eigenvalue weighted by molar-refractivity contribution is 5.95. The van der Waals surface area contributed by atoms with Gasteiger partial charge in [-0.3, -0.25) is 30.6 Å². The molecule has 0 bridgehead atoms. The van der Waals surface area contributed by atoms with Gasteiger partial charge in [0.25, 0.3) is 17.5 Å². The van der Waals surface area contributed by atoms with Crippen molar-refractivity contribution in [1.29, 1.82) is 0 Å². The highest BCUT2D eigenvalue weighted by atomic mass is 16.6. The van der Waals surface area contributed by atoms with Gasteiger partial charge < -0.3 is 4.74 Å². The van der Waals surface area contributed by atoms with E-state index in [-0.39, 0.29) is 17.9 Å². The molecule has 130 valence electrons. The molecule has 0 unspecified atom stereocenters. The Morgan fingerprint density at radius 2 is 1.80 bits per heavy atom. The van der Waals surface area contributed by atoms with Crippen LogP contribution >= 0.6 is 0 Å². The summed E-state index contributed by atoms with van der Waals surface area (Å²) in [6.45, 7) is 3.12. The van der Waals surface area contributed by atoms with Crippen molar-refractivity contribution in [2.45, 2.75) is 13.8 Å². The summed E-state index contributed by atoms with van der Waals surface area (Å²) in [5.41, 5.74) is 5.83. The van der Waals surface area contributed by atoms with Gasteiger partial charge in [-0.05, 0) is 37.6 Å². The van der Waals surface area contributed by atoms with E-state index in [1.165, 1.54) is 25.1 Å². The van der Waals surface area contributed by atoms with Gasteiger partial charge in [-0.1, -0.05) is 18.2 Å². The van der Waals surface area contributed by atoms with E-state index in [2.05, 4.69) is 10.9 Å². The fourth-order valence-electron chi connectivity index (χ4n) is 2.10. The van der Waals surface area contributed by atoms with Gasteiger partial charge in [0.1, 0.15) is 5.75 Å². The Bertz CT molecular complexity index is 820. The Morgan fingerprint density at radius 1 is 1.08 bits per heavy atom. The zero-order valence-electron chi connectivity index (χ0n) is 13.7. The number of ether oxygens (including phenoxy) is 1. The third kappa shape index (κ3) is 4.77. The van der Waals surface area contributed by atoms with Crippen LogP contribution in [0.4, 0.5) is 5.69 Å². The maximum atomic E-state index is 12.0. The number of amides is 2. The van der Waals surface area contributed by atoms with Crippen LogP contribution in [-0.2, 0) is 4.79 Å². The van der Waals surface area contributed by atoms with Crippen LogP contribution in [0.15, 0.2) is 42.5 Å². The molecular weight excluding hydrogens is 326 g/mol. The van der Waals surface area contributed by atoms with E-state index in [4.69, 9.17) is 4.74 Å². The van der Waals surface area contributed by atoms with Crippen LogP contribution in [0.25, 0.3) is 0 Å². The van der Waals surface area contributed by atoms with Crippen molar-refractivity contribution in [2.24, 2.45) is 0 Å². The number of carbonyl (C=O) groups is 2. The smallest absolute Gasteiger partial charge is 0.276 e. The summed E-state index contributed by atoms with van der Waals surface area (Å²) < 4.78 is 5.36. The molecule has 8 nitrogen and oxygen atoms in total. The first-order valence-corrected chi connectivity index (χ1v) is 7.41. The van der Waals surface area contributed by atoms with E-state index in [1.54, 1.807) is 12.1 Å². The highest BCUT2D eigenvalue weighted by Gasteiger charge is 2.14. The van der Waals surface area contributed by atoms with Crippen LogP contribution in [-0.4, -0.2) is 23.3 Å². The van der Waals surface area contributed by atoms with Gasteiger partial charge in [0, 0.05) is 17.2 Å². The number of nitrogens with one attached hydrogen (secondary N) is 2. The molecular formula is C17H17N3O5. The number of nitro groups is 1. The molecule has 0 radical (unpaired) electrons. The summed E-state index contributed by atoms with van der Waals surface area (Å²) in [6.07, 6.45) is 0. The minimum Gasteiger partial charge on any atom is -0.483 e. The lowest BCUT2D eigenvalue weighted by Gasteiger charge is -2.10. The van der Waals surface area contributed by atoms with Crippen LogP contribution in [0.1, 0.15) is 21.5 Å². The number of benzene rings is 2. The van der Waals surface area contributed by atoms with Crippen LogP contribution in [0.5, 0.6) is 5.75 Å². The predicted molar refractivity (Wildman–Crippen MR) is 90.1 cm³/mol. The van der Waals surface area contributed by atoms with Gasteiger partial charge in [0.05, 0.1) is 4.92 Å². The fourth-order valence-corrected chi connectivity index (χ4v) is 2.10. The number of carbonyl (C=O) groups excluding carboxylic acids is 2. The van der Waals surface area contributed by atoms with Crippen molar-refractivity contribution < 1.29 is 19.2 Å². The van der Waals surface area contributed by atoms with E-state index in [0.29, 0.717) is 11.3 Å². The molecule has 2 rings (SSSR count). The summed E-state index contributed by atoms with van der Waals surface area (Å²) in [4.78, 5) is 33.9. The van der Waals surface area contributed by atoms with Gasteiger partial charge in [0.15, 0.2) is 6.61 Å². The molecule has 0 aliphatic rings. The van der Waals surface area contributed by atoms with E-state index in [1.807, 2.05) is 19.1 Å². The van der Waals surface area contributed by atoms with Gasteiger partial charge in [-0.15, -0.1) is 0 Å². The number of para-hydroxylation sites is 1. The number of hydrogen-bond acceptors (Lipinski definition) is 5. The Hall–Kier alpha value is -3.42. The number of rotatable bonds is 5. The minimum atomic E-state index is -0.581. The molecule has 0 spiro atoms. The molecule has 0 aromatic heterocycles. The molecule has 0 atom stereocenters. The van der Waals surface area contributed by atoms with Crippen molar-refractivity contribution in [1.82, 2.24) is 10.9 Å². The van der Waals surface area contributed by atoms with E-state index in [9.17, 15) is 19.7 Å². The lowest BCUT2D eigenvalue weighted by Crippen LogP contribution is -2.43. The molecule has 0 aliphatic heterocycles. The summed E-state index contributed by atoms with van der Waals surface area (Å²) in [5.74, 6) is -0.535. The number of nitrogens with zero attached hydrogens (tertiary/aromatic N) is 1. The SMILES string of the molecule is Cc1ccccc1OCC(=O)NNC(=O)c1ccc([N+](=O)[O-])c(C)c1. The van der Waals surface area contributed by atoms with Gasteiger partial charge >= 0.3 is 0 Å². The van der Waals surface area contributed by atoms with Crippen molar-refractivity contribution >= 4 is 17.5 Å². The number of nitro benzene ring substituents is 1. The third-order valence-electron chi connectivity index (χ3n) is 3.42. The Balaban J connectivity index is 1.87. The molecule has 0 aliphatic carbocycles. The number of hydrazine groups is 1. The summed E-state index contributed by atoms with van der Waals surface area (Å²) in [6, 6.07) is 11.2. The molecule has 25 heavy (non-hydrogen) atoms. The standard InChI is InChI=1S/C17H17N3O5/c1-11-5-3-4-6-15(11)25-10-16(21)18-19-17(22)13-7-8-14(20(23)24)12(2)9-13/h3-9H,10H2,1-2H3,(H,18,21)(H,19,22). The molecule has 0 fully saturated rings. The molecule has 0 heterocycles. The summed E-state index contributed by atoms with van der Waals surface area (Å²) in [5, 5.41) is 10.8. The Morgan fingerprint density at radius 3 is 2.44 bits per heavy atom. The first-order valence-electron chi connectivity index (χ1n) is 7.41. The number of hydrogen-bond donors (Lipinski definition) is 2. The second-order valence-corrected chi connectivity index (χ2v) is 5.31. The zero-order chi connectivity index (χ0) is 18.4. The largest absolute Gasteiger partial charge is 0.483 e. The second-order valence-electron chi connectivity index (χ2n) is 5.31. The lowest BCUT2D eigenvalue weighted by molar-refractivity contribution is -0.385. The molecule has 0 saturated heterocycles. The van der Waals surface area contributed by atoms with Gasteiger partial charge in [-0.25, -0.2) is 0 Å². The van der Waals surface area contributed by atoms with E-state index in [0.717, 1.165) is 5.56 Å². The predicted octanol–water partition coefficient (Wildman–Crippen LogP) is 2.05. The monoisotopic (exact) mass is 343 g/mol. The van der Waals surface area contributed by atoms with Crippen molar-refractivity contribution in [3.05, 3.63) is 69.3 Å². The second kappa shape index (κ2) is 7.91. The molecule has 2 amide bonds. The van der Waals surface area contributed by atoms with E-state index < -0.39 is 16.7 Å². The molecule has 2 aromatic carbocycles. The molecule has 2 aromatic rings. The summed E-state index contributed by atoms with van der Waals surface area (Å²) >= 11 is 0. The van der Waals surface area contributed by atoms with Crippen molar-refractivity contribution in [2.75, 3.05) is 6.61 Å². The average molecular weight is 343 g/mol. The topological polar surface area (TPSA) is 111 Å². The maximum absolute atomic E-state index is 12.0. The molecule has 8 heteroatoms. The molecule has 2 N–H and O–H groups in total. The van der Waals surface area contributed by atoms with Crippen LogP contribution in [0.3, 0.4) is 0 Å². The number of aryl methyl sites for hydroxylation is 2. The quantitative estimate of drug-likeness (QED) is 0.638.